The van der Waals surface area contributed by atoms with Gasteiger partial charge >= 0.3 is 11.9 Å². The normalized spacial score (nSPS) is 13.5. The Morgan fingerprint density at radius 1 is 0.913 bits per heavy atom. The zero-order chi connectivity index (χ0) is 33.1. The fraction of sp³-hybridized carbons (Fsp3) is 0.447. The summed E-state index contributed by atoms with van der Waals surface area (Å²) in [4.78, 5) is 38.4. The Balaban J connectivity index is 1.41. The first-order valence-corrected chi connectivity index (χ1v) is 16.3. The van der Waals surface area contributed by atoms with Crippen LogP contribution in [-0.4, -0.2) is 24.6 Å². The molecule has 0 spiro atoms. The molecule has 1 N–H and O–H groups in total. The highest BCUT2D eigenvalue weighted by molar-refractivity contribution is 5.92. The van der Waals surface area contributed by atoms with Crippen LogP contribution in [0.2, 0.25) is 0 Å². The van der Waals surface area contributed by atoms with E-state index >= 15 is 0 Å². The predicted octanol–water partition coefficient (Wildman–Crippen LogP) is 8.53. The van der Waals surface area contributed by atoms with Crippen LogP contribution in [0.1, 0.15) is 114 Å². The molecule has 246 valence electrons. The number of hydrogen-bond donors (Lipinski definition) is 1. The van der Waals surface area contributed by atoms with E-state index in [0.29, 0.717) is 17.9 Å². The van der Waals surface area contributed by atoms with Crippen LogP contribution < -0.4 is 14.8 Å². The number of fused-ring (bicyclic) bond motifs is 1. The molecule has 2 atom stereocenters. The molecule has 3 aromatic rings. The summed E-state index contributed by atoms with van der Waals surface area (Å²) < 4.78 is 22.3. The Morgan fingerprint density at radius 2 is 1.67 bits per heavy atom. The van der Waals surface area contributed by atoms with Crippen LogP contribution in [-0.2, 0) is 35.9 Å². The van der Waals surface area contributed by atoms with Crippen molar-refractivity contribution < 1.29 is 33.3 Å². The van der Waals surface area contributed by atoms with Crippen molar-refractivity contribution in [3.8, 4) is 11.5 Å². The molecule has 0 fully saturated rings. The lowest BCUT2D eigenvalue weighted by Crippen LogP contribution is -2.21. The molecule has 46 heavy (non-hydrogen) atoms. The van der Waals surface area contributed by atoms with Gasteiger partial charge in [-0.3, -0.25) is 14.4 Å². The maximum Gasteiger partial charge on any atom is 0.306 e. The molecule has 0 bridgehead atoms. The number of benzene rings is 3. The van der Waals surface area contributed by atoms with Gasteiger partial charge in [0.15, 0.2) is 11.5 Å². The molecule has 0 aliphatic carbocycles. The Hall–Kier alpha value is -4.33. The molecule has 0 saturated heterocycles. The van der Waals surface area contributed by atoms with Crippen molar-refractivity contribution in [1.82, 2.24) is 0 Å². The van der Waals surface area contributed by atoms with Gasteiger partial charge in [-0.15, -0.1) is 0 Å². The third-order valence-corrected chi connectivity index (χ3v) is 8.13. The molecule has 1 aliphatic heterocycles. The van der Waals surface area contributed by atoms with Gasteiger partial charge in [-0.1, -0.05) is 102 Å². The van der Waals surface area contributed by atoms with Crippen LogP contribution in [0.5, 0.6) is 11.5 Å². The number of hydrogen-bond acceptors (Lipinski definition) is 7. The number of amides is 1. The molecule has 3 aromatic carbocycles. The van der Waals surface area contributed by atoms with Crippen molar-refractivity contribution in [2.45, 2.75) is 104 Å². The first-order chi connectivity index (χ1) is 22.0. The average Bonchev–Trinajstić information content (AvgIpc) is 3.52. The summed E-state index contributed by atoms with van der Waals surface area (Å²) in [5.74, 6) is 0.373. The van der Waals surface area contributed by atoms with Gasteiger partial charge in [-0.2, -0.15) is 0 Å². The van der Waals surface area contributed by atoms with Crippen LogP contribution in [0.25, 0.3) is 0 Å². The van der Waals surface area contributed by atoms with Gasteiger partial charge in [-0.25, -0.2) is 0 Å². The Bertz CT molecular complexity index is 1480. The van der Waals surface area contributed by atoms with E-state index in [0.717, 1.165) is 53.7 Å². The molecule has 2 unspecified atom stereocenters. The molecular formula is C38H47NO7. The van der Waals surface area contributed by atoms with Crippen LogP contribution >= 0.6 is 0 Å². The van der Waals surface area contributed by atoms with Crippen LogP contribution in [0.15, 0.2) is 66.7 Å². The summed E-state index contributed by atoms with van der Waals surface area (Å²) in [5.41, 5.74) is 4.04. The third kappa shape index (κ3) is 9.83. The second-order valence-corrected chi connectivity index (χ2v) is 12.9. The van der Waals surface area contributed by atoms with Gasteiger partial charge in [0.25, 0.3) is 0 Å². The Labute approximate surface area is 272 Å². The predicted molar refractivity (Wildman–Crippen MR) is 178 cm³/mol. The molecule has 1 amide bonds. The Kier molecular flexibility index (Phi) is 12.2. The van der Waals surface area contributed by atoms with E-state index < -0.39 is 18.0 Å². The lowest BCUT2D eigenvalue weighted by Gasteiger charge is -2.26. The number of rotatable bonds is 15. The highest BCUT2D eigenvalue weighted by Crippen LogP contribution is 2.42. The zero-order valence-electron chi connectivity index (χ0n) is 27.7. The number of nitrogens with one attached hydrogen (secondary N) is 1. The fourth-order valence-electron chi connectivity index (χ4n) is 5.62. The zero-order valence-corrected chi connectivity index (χ0v) is 27.7. The SMILES string of the molecule is CCCCCC(CC(=O)Nc1cc(C(C)OC(=O)CCC(=O)OCc2ccccc2)ccc1C(C)(C)C)c1cccc2c1OCO2. The summed E-state index contributed by atoms with van der Waals surface area (Å²) in [6.45, 7) is 10.6. The minimum Gasteiger partial charge on any atom is -0.461 e. The van der Waals surface area contributed by atoms with Gasteiger partial charge in [-0.05, 0) is 53.5 Å². The molecule has 0 radical (unpaired) electrons. The smallest absolute Gasteiger partial charge is 0.306 e. The average molecular weight is 630 g/mol. The van der Waals surface area contributed by atoms with E-state index in [1.165, 1.54) is 0 Å². The van der Waals surface area contributed by atoms with E-state index in [4.69, 9.17) is 18.9 Å². The first-order valence-electron chi connectivity index (χ1n) is 16.3. The molecule has 0 aromatic heterocycles. The van der Waals surface area contributed by atoms with Crippen LogP contribution in [0.4, 0.5) is 5.69 Å². The summed E-state index contributed by atoms with van der Waals surface area (Å²) >= 11 is 0. The van der Waals surface area contributed by atoms with Crippen molar-refractivity contribution in [2.75, 3.05) is 12.1 Å². The Morgan fingerprint density at radius 3 is 2.41 bits per heavy atom. The third-order valence-electron chi connectivity index (χ3n) is 8.13. The second-order valence-electron chi connectivity index (χ2n) is 12.9. The molecule has 8 heteroatoms. The van der Waals surface area contributed by atoms with E-state index in [1.54, 1.807) is 6.92 Å². The van der Waals surface area contributed by atoms with Crippen LogP contribution in [0, 0.1) is 0 Å². The monoisotopic (exact) mass is 629 g/mol. The highest BCUT2D eigenvalue weighted by Gasteiger charge is 2.27. The number of carbonyl (C=O) groups is 3. The van der Waals surface area contributed by atoms with Crippen molar-refractivity contribution in [1.29, 1.82) is 0 Å². The molecule has 0 saturated carbocycles. The molecule has 1 heterocycles. The fourth-order valence-corrected chi connectivity index (χ4v) is 5.62. The number of esters is 2. The largest absolute Gasteiger partial charge is 0.461 e. The van der Waals surface area contributed by atoms with Gasteiger partial charge in [0.2, 0.25) is 12.7 Å². The molecule has 4 rings (SSSR count). The van der Waals surface area contributed by atoms with E-state index in [2.05, 4.69) is 33.0 Å². The van der Waals surface area contributed by atoms with Crippen LogP contribution in [0.3, 0.4) is 0 Å². The topological polar surface area (TPSA) is 100 Å². The van der Waals surface area contributed by atoms with Crippen molar-refractivity contribution in [2.24, 2.45) is 0 Å². The lowest BCUT2D eigenvalue weighted by atomic mass is 9.84. The summed E-state index contributed by atoms with van der Waals surface area (Å²) in [7, 11) is 0. The number of ether oxygens (including phenoxy) is 4. The second kappa shape index (κ2) is 16.3. The number of para-hydroxylation sites is 1. The van der Waals surface area contributed by atoms with Gasteiger partial charge in [0, 0.05) is 17.7 Å². The summed E-state index contributed by atoms with van der Waals surface area (Å²) in [5, 5.41) is 3.18. The lowest BCUT2D eigenvalue weighted by molar-refractivity contribution is -0.153. The molecule has 8 nitrogen and oxygen atoms in total. The minimum absolute atomic E-state index is 0.0243. The number of carbonyl (C=O) groups excluding carboxylic acids is 3. The van der Waals surface area contributed by atoms with Crippen molar-refractivity contribution in [3.63, 3.8) is 0 Å². The first kappa shape index (κ1) is 34.5. The molecule has 1 aliphatic rings. The maximum atomic E-state index is 13.6. The molecular weight excluding hydrogens is 582 g/mol. The van der Waals surface area contributed by atoms with Crippen molar-refractivity contribution in [3.05, 3.63) is 89.0 Å². The van der Waals surface area contributed by atoms with E-state index in [9.17, 15) is 14.4 Å². The van der Waals surface area contributed by atoms with E-state index in [1.807, 2.05) is 66.7 Å². The quantitative estimate of drug-likeness (QED) is 0.133. The number of unbranched alkanes of at least 4 members (excludes halogenated alkanes) is 2. The summed E-state index contributed by atoms with van der Waals surface area (Å²) in [6, 6.07) is 21.0. The van der Waals surface area contributed by atoms with E-state index in [-0.39, 0.29) is 43.5 Å². The van der Waals surface area contributed by atoms with Crippen molar-refractivity contribution >= 4 is 23.5 Å². The van der Waals surface area contributed by atoms with Gasteiger partial charge in [0.1, 0.15) is 12.7 Å². The minimum atomic E-state index is -0.580. The standard InChI is InChI=1S/C38H47NO7/c1-6-7-9-15-29(30-16-12-17-33-37(30)45-25-44-33)23-34(40)39-32-22-28(18-19-31(32)38(3,4)5)26(2)46-36(42)21-20-35(41)43-24-27-13-10-8-11-14-27/h8,10-14,16-19,22,26,29H,6-7,9,15,20-21,23-25H2,1-5H3,(H,39,40). The van der Waals surface area contributed by atoms with Gasteiger partial charge < -0.3 is 24.3 Å². The van der Waals surface area contributed by atoms with Gasteiger partial charge in [0.05, 0.1) is 12.8 Å². The highest BCUT2D eigenvalue weighted by atomic mass is 16.7. The maximum absolute atomic E-state index is 13.6. The summed E-state index contributed by atoms with van der Waals surface area (Å²) in [6.07, 6.45) is 3.62. The number of anilines is 1.